The number of ether oxygens (including phenoxy) is 1. The number of hydrogen-bond acceptors (Lipinski definition) is 5. The molecule has 1 amide bonds. The molecule has 1 heterocycles. The van der Waals surface area contributed by atoms with Crippen LogP contribution in [0.4, 0.5) is 0 Å². The highest BCUT2D eigenvalue weighted by Gasteiger charge is 2.08. The van der Waals surface area contributed by atoms with Crippen LogP contribution in [-0.4, -0.2) is 35.5 Å². The van der Waals surface area contributed by atoms with Gasteiger partial charge in [0.05, 0.1) is 19.1 Å². The van der Waals surface area contributed by atoms with Crippen LogP contribution in [-0.2, 0) is 11.2 Å². The number of carbonyl (C=O) groups is 1. The van der Waals surface area contributed by atoms with E-state index in [9.17, 15) is 4.79 Å². The van der Waals surface area contributed by atoms with Crippen molar-refractivity contribution in [3.63, 3.8) is 0 Å². The van der Waals surface area contributed by atoms with E-state index in [4.69, 9.17) is 4.74 Å². The lowest BCUT2D eigenvalue weighted by Gasteiger charge is -2.09. The Labute approximate surface area is 150 Å². The molecule has 25 heavy (non-hydrogen) atoms. The average molecular weight is 353 g/mol. The molecule has 1 aromatic heterocycles. The molecular weight excluding hydrogens is 334 g/mol. The van der Waals surface area contributed by atoms with Crippen LogP contribution in [0.3, 0.4) is 0 Å². The van der Waals surface area contributed by atoms with Gasteiger partial charge in [-0.25, -0.2) is 0 Å². The van der Waals surface area contributed by atoms with E-state index >= 15 is 0 Å². The second-order valence-electron chi connectivity index (χ2n) is 5.44. The zero-order valence-corrected chi connectivity index (χ0v) is 14.8. The minimum Gasteiger partial charge on any atom is -0.496 e. The SMILES string of the molecule is COc1ccccc1CCNC(=O)CSc1nncc2ccccc12. The molecule has 0 saturated carbocycles. The number of benzene rings is 2. The van der Waals surface area contributed by atoms with E-state index in [1.54, 1.807) is 13.3 Å². The fourth-order valence-electron chi connectivity index (χ4n) is 2.54. The van der Waals surface area contributed by atoms with Gasteiger partial charge in [0, 0.05) is 17.3 Å². The summed E-state index contributed by atoms with van der Waals surface area (Å²) < 4.78 is 5.32. The van der Waals surface area contributed by atoms with Gasteiger partial charge in [-0.3, -0.25) is 4.79 Å². The van der Waals surface area contributed by atoms with Crippen LogP contribution in [0.1, 0.15) is 5.56 Å². The Morgan fingerprint density at radius 3 is 2.84 bits per heavy atom. The highest BCUT2D eigenvalue weighted by molar-refractivity contribution is 8.00. The largest absolute Gasteiger partial charge is 0.496 e. The van der Waals surface area contributed by atoms with Crippen molar-refractivity contribution in [3.05, 3.63) is 60.3 Å². The van der Waals surface area contributed by atoms with Crippen LogP contribution in [0.15, 0.2) is 59.8 Å². The number of hydrogen-bond donors (Lipinski definition) is 1. The second kappa shape index (κ2) is 8.48. The third-order valence-electron chi connectivity index (χ3n) is 3.79. The number of aromatic nitrogens is 2. The number of rotatable bonds is 7. The van der Waals surface area contributed by atoms with Gasteiger partial charge in [0.2, 0.25) is 5.91 Å². The number of nitrogens with zero attached hydrogens (tertiary/aromatic N) is 2. The molecule has 6 heteroatoms. The summed E-state index contributed by atoms with van der Waals surface area (Å²) in [5.41, 5.74) is 1.08. The summed E-state index contributed by atoms with van der Waals surface area (Å²) in [5, 5.41) is 13.9. The highest BCUT2D eigenvalue weighted by Crippen LogP contribution is 2.24. The lowest BCUT2D eigenvalue weighted by molar-refractivity contribution is -0.118. The van der Waals surface area contributed by atoms with Crippen molar-refractivity contribution in [2.75, 3.05) is 19.4 Å². The van der Waals surface area contributed by atoms with Crippen molar-refractivity contribution in [2.45, 2.75) is 11.4 Å². The Morgan fingerprint density at radius 2 is 1.96 bits per heavy atom. The smallest absolute Gasteiger partial charge is 0.230 e. The standard InChI is InChI=1S/C19H19N3O2S/c1-24-17-9-5-3-6-14(17)10-11-20-18(23)13-25-19-16-8-4-2-7-15(16)12-21-22-19/h2-9,12H,10-11,13H2,1H3,(H,20,23). The molecule has 0 aliphatic heterocycles. The Bertz CT molecular complexity index is 865. The zero-order chi connectivity index (χ0) is 17.5. The van der Waals surface area contributed by atoms with E-state index < -0.39 is 0 Å². The van der Waals surface area contributed by atoms with Crippen molar-refractivity contribution < 1.29 is 9.53 Å². The summed E-state index contributed by atoms with van der Waals surface area (Å²) in [6.07, 6.45) is 2.46. The van der Waals surface area contributed by atoms with Crippen LogP contribution in [0, 0.1) is 0 Å². The van der Waals surface area contributed by atoms with Crippen molar-refractivity contribution in [3.8, 4) is 5.75 Å². The molecule has 0 unspecified atom stereocenters. The minimum atomic E-state index is -0.0189. The predicted molar refractivity (Wildman–Crippen MR) is 100.0 cm³/mol. The normalized spacial score (nSPS) is 10.6. The van der Waals surface area contributed by atoms with Crippen molar-refractivity contribution in [1.82, 2.24) is 15.5 Å². The molecule has 0 aliphatic carbocycles. The molecule has 1 N–H and O–H groups in total. The van der Waals surface area contributed by atoms with Crippen molar-refractivity contribution in [1.29, 1.82) is 0 Å². The molecule has 3 rings (SSSR count). The van der Waals surface area contributed by atoms with Gasteiger partial charge in [-0.1, -0.05) is 54.2 Å². The number of methoxy groups -OCH3 is 1. The molecule has 0 radical (unpaired) electrons. The maximum Gasteiger partial charge on any atom is 0.230 e. The van der Waals surface area contributed by atoms with Gasteiger partial charge in [-0.15, -0.1) is 5.10 Å². The van der Waals surface area contributed by atoms with E-state index in [0.29, 0.717) is 12.3 Å². The Morgan fingerprint density at radius 1 is 1.16 bits per heavy atom. The van der Waals surface area contributed by atoms with Gasteiger partial charge in [-0.05, 0) is 18.1 Å². The van der Waals surface area contributed by atoms with Crippen LogP contribution in [0.5, 0.6) is 5.75 Å². The first-order valence-electron chi connectivity index (χ1n) is 8.00. The topological polar surface area (TPSA) is 64.1 Å². The quantitative estimate of drug-likeness (QED) is 0.661. The summed E-state index contributed by atoms with van der Waals surface area (Å²) in [5.74, 6) is 1.14. The lowest BCUT2D eigenvalue weighted by atomic mass is 10.1. The summed E-state index contributed by atoms with van der Waals surface area (Å²) >= 11 is 1.40. The zero-order valence-electron chi connectivity index (χ0n) is 13.9. The highest BCUT2D eigenvalue weighted by atomic mass is 32.2. The number of nitrogens with one attached hydrogen (secondary N) is 1. The Kier molecular flexibility index (Phi) is 5.85. The van der Waals surface area contributed by atoms with Crippen LogP contribution in [0.25, 0.3) is 10.8 Å². The van der Waals surface area contributed by atoms with E-state index in [-0.39, 0.29) is 5.91 Å². The average Bonchev–Trinajstić information content (AvgIpc) is 2.66. The van der Waals surface area contributed by atoms with Gasteiger partial charge in [0.1, 0.15) is 10.8 Å². The molecule has 0 bridgehead atoms. The maximum absolute atomic E-state index is 12.1. The Hall–Kier alpha value is -2.60. The molecule has 0 aliphatic rings. The first-order valence-corrected chi connectivity index (χ1v) is 8.98. The molecule has 0 atom stereocenters. The number of para-hydroxylation sites is 1. The predicted octanol–water partition coefficient (Wildman–Crippen LogP) is 3.09. The summed E-state index contributed by atoms with van der Waals surface area (Å²) in [7, 11) is 1.65. The molecule has 0 fully saturated rings. The Balaban J connectivity index is 1.51. The summed E-state index contributed by atoms with van der Waals surface area (Å²) in [6.45, 7) is 0.570. The molecular formula is C19H19N3O2S. The second-order valence-corrected chi connectivity index (χ2v) is 6.40. The van der Waals surface area contributed by atoms with Gasteiger partial charge in [-0.2, -0.15) is 5.10 Å². The maximum atomic E-state index is 12.1. The molecule has 5 nitrogen and oxygen atoms in total. The number of carbonyl (C=O) groups excluding carboxylic acids is 1. The van der Waals surface area contributed by atoms with Crippen molar-refractivity contribution in [2.24, 2.45) is 0 Å². The van der Waals surface area contributed by atoms with E-state index in [1.165, 1.54) is 11.8 Å². The monoisotopic (exact) mass is 353 g/mol. The molecule has 3 aromatic rings. The number of amides is 1. The fraction of sp³-hybridized carbons (Fsp3) is 0.211. The van der Waals surface area contributed by atoms with Crippen LogP contribution in [0.2, 0.25) is 0 Å². The van der Waals surface area contributed by atoms with E-state index in [2.05, 4.69) is 15.5 Å². The summed E-state index contributed by atoms with van der Waals surface area (Å²) in [4.78, 5) is 12.1. The van der Waals surface area contributed by atoms with E-state index in [1.807, 2.05) is 48.5 Å². The summed E-state index contributed by atoms with van der Waals surface area (Å²) in [6, 6.07) is 15.7. The van der Waals surface area contributed by atoms with E-state index in [0.717, 1.165) is 33.5 Å². The van der Waals surface area contributed by atoms with Gasteiger partial charge >= 0.3 is 0 Å². The fourth-order valence-corrected chi connectivity index (χ4v) is 3.36. The van der Waals surface area contributed by atoms with Gasteiger partial charge in [0.15, 0.2) is 0 Å². The van der Waals surface area contributed by atoms with Gasteiger partial charge in [0.25, 0.3) is 0 Å². The molecule has 0 spiro atoms. The van der Waals surface area contributed by atoms with Crippen LogP contribution >= 0.6 is 11.8 Å². The van der Waals surface area contributed by atoms with Gasteiger partial charge < -0.3 is 10.1 Å². The molecule has 0 saturated heterocycles. The van der Waals surface area contributed by atoms with Crippen LogP contribution < -0.4 is 10.1 Å². The third kappa shape index (κ3) is 4.48. The first-order chi connectivity index (χ1) is 12.3. The molecule has 2 aromatic carbocycles. The number of thioether (sulfide) groups is 1. The lowest BCUT2D eigenvalue weighted by Crippen LogP contribution is -2.27. The first kappa shape index (κ1) is 17.2. The van der Waals surface area contributed by atoms with Crippen molar-refractivity contribution >= 4 is 28.4 Å². The number of fused-ring (bicyclic) bond motifs is 1. The minimum absolute atomic E-state index is 0.0189. The molecule has 128 valence electrons. The third-order valence-corrected chi connectivity index (χ3v) is 4.77.